The first kappa shape index (κ1) is 9.98. The molecule has 1 heterocycles. The van der Waals surface area contributed by atoms with E-state index in [-0.39, 0.29) is 11.3 Å². The average molecular weight is 206 g/mol. The molecule has 3 nitrogen and oxygen atoms in total. The molecule has 0 unspecified atom stereocenters. The van der Waals surface area contributed by atoms with Crippen LogP contribution in [0.5, 0.6) is 0 Å². The van der Waals surface area contributed by atoms with E-state index in [0.717, 1.165) is 12.5 Å². The van der Waals surface area contributed by atoms with E-state index in [4.69, 9.17) is 17.0 Å². The van der Waals surface area contributed by atoms with Crippen molar-refractivity contribution < 1.29 is 8.78 Å². The van der Waals surface area contributed by atoms with Gasteiger partial charge in [0.25, 0.3) is 0 Å². The summed E-state index contributed by atoms with van der Waals surface area (Å²) in [5.74, 6) is 0. The molecule has 0 fully saturated rings. The molecule has 13 heavy (non-hydrogen) atoms. The summed E-state index contributed by atoms with van der Waals surface area (Å²) in [7, 11) is 0. The van der Waals surface area contributed by atoms with Crippen molar-refractivity contribution in [3.05, 3.63) is 23.8 Å². The van der Waals surface area contributed by atoms with Gasteiger partial charge < -0.3 is 5.41 Å². The Balaban J connectivity index is 3.28. The number of hydrogen-bond acceptors (Lipinski definition) is 3. The SMILES string of the molecule is CC(=N)c1cncnc1C(F)(F)Cl. The molecule has 0 spiro atoms. The molecule has 0 amide bonds. The molecule has 0 saturated carbocycles. The third kappa shape index (κ3) is 2.18. The predicted molar refractivity (Wildman–Crippen MR) is 44.3 cm³/mol. The number of nitrogens with zero attached hydrogens (tertiary/aromatic N) is 2. The molecule has 0 aromatic carbocycles. The Morgan fingerprint density at radius 3 is 2.62 bits per heavy atom. The molecule has 0 aliphatic heterocycles. The van der Waals surface area contributed by atoms with E-state index in [1.807, 2.05) is 0 Å². The van der Waals surface area contributed by atoms with Crippen molar-refractivity contribution in [3.8, 4) is 0 Å². The quantitative estimate of drug-likeness (QED) is 0.594. The second-order valence-corrected chi connectivity index (χ2v) is 2.88. The Morgan fingerprint density at radius 2 is 2.23 bits per heavy atom. The lowest BCUT2D eigenvalue weighted by Crippen LogP contribution is -2.13. The molecule has 0 aliphatic carbocycles. The molecule has 0 radical (unpaired) electrons. The second kappa shape index (κ2) is 3.33. The maximum Gasteiger partial charge on any atom is 0.365 e. The Morgan fingerprint density at radius 1 is 1.62 bits per heavy atom. The highest BCUT2D eigenvalue weighted by Gasteiger charge is 2.33. The molecule has 6 heteroatoms. The van der Waals surface area contributed by atoms with Gasteiger partial charge in [-0.2, -0.15) is 8.78 Å². The van der Waals surface area contributed by atoms with Gasteiger partial charge in [0.2, 0.25) is 0 Å². The fourth-order valence-corrected chi connectivity index (χ4v) is 0.981. The van der Waals surface area contributed by atoms with E-state index in [0.29, 0.717) is 0 Å². The van der Waals surface area contributed by atoms with Crippen LogP contribution in [-0.4, -0.2) is 15.7 Å². The molecule has 1 aromatic rings. The summed E-state index contributed by atoms with van der Waals surface area (Å²) in [5, 5.41) is 3.63. The minimum atomic E-state index is -3.55. The van der Waals surface area contributed by atoms with Crippen LogP contribution in [0, 0.1) is 5.41 Å². The summed E-state index contributed by atoms with van der Waals surface area (Å²) in [6, 6.07) is 0. The van der Waals surface area contributed by atoms with Crippen LogP contribution < -0.4 is 0 Å². The topological polar surface area (TPSA) is 49.6 Å². The summed E-state index contributed by atoms with van der Waals surface area (Å²) in [5.41, 5.74) is -0.713. The van der Waals surface area contributed by atoms with Crippen molar-refractivity contribution in [2.75, 3.05) is 0 Å². The van der Waals surface area contributed by atoms with Gasteiger partial charge in [-0.05, 0) is 18.5 Å². The van der Waals surface area contributed by atoms with Crippen molar-refractivity contribution in [1.82, 2.24) is 9.97 Å². The van der Waals surface area contributed by atoms with Crippen molar-refractivity contribution in [2.45, 2.75) is 12.3 Å². The summed E-state index contributed by atoms with van der Waals surface area (Å²) in [4.78, 5) is 6.87. The fourth-order valence-electron chi connectivity index (χ4n) is 0.830. The summed E-state index contributed by atoms with van der Waals surface area (Å²) in [6.07, 6.45) is 2.11. The molecule has 0 aliphatic rings. The van der Waals surface area contributed by atoms with Gasteiger partial charge in [0.05, 0.1) is 0 Å². The van der Waals surface area contributed by atoms with Gasteiger partial charge in [0.1, 0.15) is 12.0 Å². The Hall–Kier alpha value is -1.10. The van der Waals surface area contributed by atoms with Gasteiger partial charge in [-0.15, -0.1) is 0 Å². The summed E-state index contributed by atoms with van der Waals surface area (Å²) < 4.78 is 25.3. The van der Waals surface area contributed by atoms with Gasteiger partial charge in [0.15, 0.2) is 0 Å². The highest BCUT2D eigenvalue weighted by molar-refractivity contribution is 6.22. The molecule has 1 aromatic heterocycles. The van der Waals surface area contributed by atoms with Crippen LogP contribution in [0.1, 0.15) is 18.2 Å². The van der Waals surface area contributed by atoms with Crippen molar-refractivity contribution >= 4 is 17.3 Å². The molecule has 70 valence electrons. The normalized spacial score (nSPS) is 11.4. The monoisotopic (exact) mass is 205 g/mol. The Labute approximate surface area is 78.3 Å². The van der Waals surface area contributed by atoms with Gasteiger partial charge in [-0.25, -0.2) is 9.97 Å². The lowest BCUT2D eigenvalue weighted by Gasteiger charge is -2.10. The Kier molecular flexibility index (Phi) is 2.56. The molecular formula is C7H6ClF2N3. The van der Waals surface area contributed by atoms with E-state index in [1.165, 1.54) is 6.92 Å². The zero-order valence-corrected chi connectivity index (χ0v) is 7.44. The third-order valence-corrected chi connectivity index (χ3v) is 1.56. The largest absolute Gasteiger partial charge is 0.365 e. The van der Waals surface area contributed by atoms with Crippen LogP contribution in [0.2, 0.25) is 0 Å². The van der Waals surface area contributed by atoms with Crippen LogP contribution >= 0.6 is 11.6 Å². The lowest BCUT2D eigenvalue weighted by molar-refractivity contribution is 0.0896. The Bertz CT molecular complexity index is 335. The van der Waals surface area contributed by atoms with Crippen LogP contribution in [0.4, 0.5) is 8.78 Å². The molecule has 0 bridgehead atoms. The minimum absolute atomic E-state index is 0.0394. The third-order valence-electron chi connectivity index (χ3n) is 1.38. The molecular weight excluding hydrogens is 200 g/mol. The first-order valence-corrected chi connectivity index (χ1v) is 3.73. The maximum absolute atomic E-state index is 12.7. The summed E-state index contributed by atoms with van der Waals surface area (Å²) >= 11 is 4.79. The fraction of sp³-hybridized carbons (Fsp3) is 0.286. The van der Waals surface area contributed by atoms with Gasteiger partial charge in [-0.3, -0.25) is 0 Å². The molecule has 1 N–H and O–H groups in total. The average Bonchev–Trinajstić information content (AvgIpc) is 2.03. The highest BCUT2D eigenvalue weighted by Crippen LogP contribution is 2.32. The van der Waals surface area contributed by atoms with Crippen LogP contribution in [0.25, 0.3) is 0 Å². The van der Waals surface area contributed by atoms with Crippen LogP contribution in [0.3, 0.4) is 0 Å². The van der Waals surface area contributed by atoms with E-state index >= 15 is 0 Å². The van der Waals surface area contributed by atoms with Crippen molar-refractivity contribution in [2.24, 2.45) is 0 Å². The molecule has 0 saturated heterocycles. The van der Waals surface area contributed by atoms with Crippen LogP contribution in [-0.2, 0) is 5.38 Å². The predicted octanol–water partition coefficient (Wildman–Crippen LogP) is 2.15. The number of alkyl halides is 3. The maximum atomic E-state index is 12.7. The lowest BCUT2D eigenvalue weighted by atomic mass is 10.1. The first-order chi connectivity index (χ1) is 5.93. The van der Waals surface area contributed by atoms with Crippen molar-refractivity contribution in [3.63, 3.8) is 0 Å². The van der Waals surface area contributed by atoms with Gasteiger partial charge >= 0.3 is 5.38 Å². The number of nitrogens with one attached hydrogen (secondary N) is 1. The number of aromatic nitrogens is 2. The van der Waals surface area contributed by atoms with E-state index in [9.17, 15) is 8.78 Å². The smallest absolute Gasteiger partial charge is 0.305 e. The van der Waals surface area contributed by atoms with E-state index in [2.05, 4.69) is 9.97 Å². The zero-order valence-electron chi connectivity index (χ0n) is 6.68. The second-order valence-electron chi connectivity index (χ2n) is 2.41. The zero-order chi connectivity index (χ0) is 10.1. The molecule has 0 atom stereocenters. The van der Waals surface area contributed by atoms with Gasteiger partial charge in [-0.1, -0.05) is 0 Å². The standard InChI is InChI=1S/C7H6ClF2N3/c1-4(11)5-2-12-3-13-6(5)7(8,9)10/h2-3,11H,1H3. The number of rotatable bonds is 2. The molecule has 1 rings (SSSR count). The van der Waals surface area contributed by atoms with Crippen molar-refractivity contribution in [1.29, 1.82) is 5.41 Å². The summed E-state index contributed by atoms with van der Waals surface area (Å²) in [6.45, 7) is 1.37. The number of halogens is 3. The van der Waals surface area contributed by atoms with Gasteiger partial charge in [0, 0.05) is 17.5 Å². The van der Waals surface area contributed by atoms with E-state index in [1.54, 1.807) is 0 Å². The van der Waals surface area contributed by atoms with E-state index < -0.39 is 11.1 Å². The van der Waals surface area contributed by atoms with Crippen LogP contribution in [0.15, 0.2) is 12.5 Å². The highest BCUT2D eigenvalue weighted by atomic mass is 35.5. The minimum Gasteiger partial charge on any atom is -0.305 e. The first-order valence-electron chi connectivity index (χ1n) is 3.35. The number of hydrogen-bond donors (Lipinski definition) is 1.